The van der Waals surface area contributed by atoms with E-state index in [1.165, 1.54) is 5.69 Å². The monoisotopic (exact) mass is 554 g/mol. The lowest BCUT2D eigenvalue weighted by atomic mass is 10.0. The van der Waals surface area contributed by atoms with Gasteiger partial charge in [-0.25, -0.2) is 4.98 Å². The van der Waals surface area contributed by atoms with Gasteiger partial charge >= 0.3 is 0 Å². The summed E-state index contributed by atoms with van der Waals surface area (Å²) in [7, 11) is -0.362. The van der Waals surface area contributed by atoms with Crippen LogP contribution in [0.25, 0.3) is 33.5 Å². The van der Waals surface area contributed by atoms with Crippen LogP contribution in [0.5, 0.6) is 5.75 Å². The summed E-state index contributed by atoms with van der Waals surface area (Å²) >= 11 is 0. The lowest BCUT2D eigenvalue weighted by molar-refractivity contribution is 0.152. The summed E-state index contributed by atoms with van der Waals surface area (Å²) in [5.41, 5.74) is 5.82. The summed E-state index contributed by atoms with van der Waals surface area (Å²) in [6.07, 6.45) is 3.64. The summed E-state index contributed by atoms with van der Waals surface area (Å²) < 4.78 is 22.9. The second-order valence-electron chi connectivity index (χ2n) is 11.0. The molecule has 6 rings (SSSR count). The molecule has 206 valence electrons. The van der Waals surface area contributed by atoms with Crippen molar-refractivity contribution in [3.05, 3.63) is 84.2 Å². The van der Waals surface area contributed by atoms with Crippen molar-refractivity contribution in [2.24, 2.45) is 7.05 Å². The second kappa shape index (κ2) is 10.4. The van der Waals surface area contributed by atoms with E-state index < -0.39 is 13.2 Å². The molecular weight excluding hydrogens is 519 g/mol. The van der Waals surface area contributed by atoms with Gasteiger partial charge in [0.05, 0.1) is 36.0 Å². The molecule has 1 aliphatic rings. The largest absolute Gasteiger partial charge is 0.493 e. The number of hydrogen-bond donors (Lipinski definition) is 1. The Kier molecular flexibility index (Phi) is 6.89. The van der Waals surface area contributed by atoms with Crippen molar-refractivity contribution in [3.63, 3.8) is 0 Å². The zero-order valence-corrected chi connectivity index (χ0v) is 24.3. The fraction of sp³-hybridized carbons (Fsp3) is 0.312. The predicted octanol–water partition coefficient (Wildman–Crippen LogP) is 6.36. The van der Waals surface area contributed by atoms with Crippen molar-refractivity contribution in [1.29, 1.82) is 0 Å². The molecule has 8 heteroatoms. The van der Waals surface area contributed by atoms with Gasteiger partial charge in [0.15, 0.2) is 0 Å². The van der Waals surface area contributed by atoms with Crippen molar-refractivity contribution in [2.45, 2.75) is 38.3 Å². The van der Waals surface area contributed by atoms with Crippen LogP contribution in [0.2, 0.25) is 0 Å². The van der Waals surface area contributed by atoms with E-state index in [9.17, 15) is 9.67 Å². The molecule has 1 saturated carbocycles. The number of fused-ring (bicyclic) bond motifs is 1. The smallest absolute Gasteiger partial charge is 0.144 e. The minimum Gasteiger partial charge on any atom is -0.493 e. The van der Waals surface area contributed by atoms with Crippen LogP contribution in [0.1, 0.15) is 43.0 Å². The molecule has 0 radical (unpaired) electrons. The first-order chi connectivity index (χ1) is 19.2. The summed E-state index contributed by atoms with van der Waals surface area (Å²) in [5.74, 6) is 1.98. The molecule has 2 aromatic heterocycles. The average Bonchev–Trinajstić information content (AvgIpc) is 3.59. The first-order valence-corrected chi connectivity index (χ1v) is 16.4. The van der Waals surface area contributed by atoms with Crippen molar-refractivity contribution in [3.8, 4) is 28.4 Å². The third kappa shape index (κ3) is 5.00. The van der Waals surface area contributed by atoms with Crippen molar-refractivity contribution in [1.82, 2.24) is 19.3 Å². The van der Waals surface area contributed by atoms with Gasteiger partial charge in [0.2, 0.25) is 0 Å². The summed E-state index contributed by atoms with van der Waals surface area (Å²) in [6, 6.07) is 21.6. The number of rotatable bonds is 9. The maximum Gasteiger partial charge on any atom is 0.144 e. The quantitative estimate of drug-likeness (QED) is 0.214. The first kappa shape index (κ1) is 26.5. The molecule has 3 aromatic carbocycles. The topological polar surface area (TPSA) is 82.2 Å². The van der Waals surface area contributed by atoms with Crippen LogP contribution in [0.15, 0.2) is 72.9 Å². The minimum absolute atomic E-state index is 0.365. The van der Waals surface area contributed by atoms with Gasteiger partial charge in [-0.1, -0.05) is 48.5 Å². The van der Waals surface area contributed by atoms with Gasteiger partial charge < -0.3 is 19.0 Å². The van der Waals surface area contributed by atoms with Gasteiger partial charge in [-0.05, 0) is 56.9 Å². The normalized spacial score (nSPS) is 14.5. The zero-order chi connectivity index (χ0) is 28.0. The van der Waals surface area contributed by atoms with Crippen molar-refractivity contribution < 1.29 is 14.4 Å². The van der Waals surface area contributed by atoms with Crippen LogP contribution in [0.4, 0.5) is 0 Å². The SMILES string of the molecule is CCOc1cc(P(C)(C)=O)ccc1-c1nc(-c2cccc3nn(CC(O)c4ccccc4)cc23)c(C2CC2)n1C. The van der Waals surface area contributed by atoms with Crippen LogP contribution >= 0.6 is 7.14 Å². The molecule has 5 aromatic rings. The summed E-state index contributed by atoms with van der Waals surface area (Å²) in [4.78, 5) is 5.24. The molecule has 0 saturated heterocycles. The number of aliphatic hydroxyl groups is 1. The van der Waals surface area contributed by atoms with E-state index in [4.69, 9.17) is 14.8 Å². The number of aromatic nitrogens is 4. The maximum absolute atomic E-state index is 12.8. The van der Waals surface area contributed by atoms with Crippen LogP contribution < -0.4 is 10.0 Å². The number of imidazole rings is 1. The van der Waals surface area contributed by atoms with Crippen molar-refractivity contribution >= 4 is 23.3 Å². The van der Waals surface area contributed by atoms with Gasteiger partial charge in [-0.15, -0.1) is 0 Å². The molecule has 7 nitrogen and oxygen atoms in total. The van der Waals surface area contributed by atoms with Crippen LogP contribution in [-0.2, 0) is 18.2 Å². The van der Waals surface area contributed by atoms with E-state index in [0.29, 0.717) is 24.8 Å². The molecule has 1 unspecified atom stereocenters. The molecule has 1 fully saturated rings. The third-order valence-corrected chi connectivity index (χ3v) is 9.15. The van der Waals surface area contributed by atoms with Crippen LogP contribution in [0.3, 0.4) is 0 Å². The van der Waals surface area contributed by atoms with E-state index in [-0.39, 0.29) is 0 Å². The number of nitrogens with zero attached hydrogens (tertiary/aromatic N) is 4. The number of hydrogen-bond acceptors (Lipinski definition) is 5. The molecule has 0 bridgehead atoms. The fourth-order valence-corrected chi connectivity index (χ4v) is 6.29. The lowest BCUT2D eigenvalue weighted by Gasteiger charge is -2.14. The zero-order valence-electron chi connectivity index (χ0n) is 23.4. The van der Waals surface area contributed by atoms with E-state index >= 15 is 0 Å². The highest BCUT2D eigenvalue weighted by molar-refractivity contribution is 7.70. The van der Waals surface area contributed by atoms with Crippen LogP contribution in [-0.4, -0.2) is 44.4 Å². The Morgan fingerprint density at radius 1 is 1.05 bits per heavy atom. The summed E-state index contributed by atoms with van der Waals surface area (Å²) in [5, 5.41) is 17.4. The molecule has 1 N–H and O–H groups in total. The Labute approximate surface area is 234 Å². The molecule has 0 amide bonds. The molecule has 40 heavy (non-hydrogen) atoms. The molecular formula is C32H35N4O3P. The average molecular weight is 555 g/mol. The van der Waals surface area contributed by atoms with E-state index in [1.54, 1.807) is 13.3 Å². The molecule has 0 aliphatic heterocycles. The van der Waals surface area contributed by atoms with Gasteiger partial charge in [0.25, 0.3) is 0 Å². The first-order valence-electron chi connectivity index (χ1n) is 13.8. The molecule has 1 aliphatic carbocycles. The number of ether oxygens (including phenoxy) is 1. The van der Waals surface area contributed by atoms with Gasteiger partial charge in [0, 0.05) is 41.1 Å². The van der Waals surface area contributed by atoms with Gasteiger partial charge in [-0.3, -0.25) is 4.68 Å². The van der Waals surface area contributed by atoms with Crippen molar-refractivity contribution in [2.75, 3.05) is 19.9 Å². The molecule has 0 spiro atoms. The van der Waals surface area contributed by atoms with E-state index in [1.807, 2.05) is 78.5 Å². The summed E-state index contributed by atoms with van der Waals surface area (Å²) in [6.45, 7) is 6.39. The highest BCUT2D eigenvalue weighted by atomic mass is 31.2. The van der Waals surface area contributed by atoms with Gasteiger partial charge in [-0.2, -0.15) is 5.10 Å². The molecule has 2 heterocycles. The number of aliphatic hydroxyl groups excluding tert-OH is 1. The predicted molar refractivity (Wildman–Crippen MR) is 161 cm³/mol. The second-order valence-corrected chi connectivity index (χ2v) is 14.2. The highest BCUT2D eigenvalue weighted by Crippen LogP contribution is 2.47. The Hall–Kier alpha value is -3.67. The fourth-order valence-electron chi connectivity index (χ4n) is 5.43. The van der Waals surface area contributed by atoms with Gasteiger partial charge in [0.1, 0.15) is 18.7 Å². The minimum atomic E-state index is -2.44. The number of benzene rings is 3. The Bertz CT molecular complexity index is 1730. The van der Waals surface area contributed by atoms with E-state index in [0.717, 1.165) is 57.3 Å². The highest BCUT2D eigenvalue weighted by Gasteiger charge is 2.33. The molecule has 1 atom stereocenters. The lowest BCUT2D eigenvalue weighted by Crippen LogP contribution is -2.08. The maximum atomic E-state index is 12.8. The third-order valence-electron chi connectivity index (χ3n) is 7.63. The van der Waals surface area contributed by atoms with Crippen LogP contribution in [0, 0.1) is 0 Å². The Morgan fingerprint density at radius 3 is 2.52 bits per heavy atom. The standard InChI is InChI=1S/C32H35N4O3P/c1-5-39-29-18-23(40(3,4)38)16-17-25(29)32-33-30(31(35(32)2)22-14-15-22)24-12-9-13-27-26(24)19-36(34-27)20-28(37)21-10-7-6-8-11-21/h6-13,16-19,22,28,37H,5,14-15,20H2,1-4H3. The Balaban J connectivity index is 1.45. The van der Waals surface area contributed by atoms with E-state index in [2.05, 4.69) is 17.7 Å². The Morgan fingerprint density at radius 2 is 1.82 bits per heavy atom.